The van der Waals surface area contributed by atoms with E-state index in [0.717, 1.165) is 0 Å². The molecule has 0 saturated heterocycles. The van der Waals surface area contributed by atoms with Gasteiger partial charge in [-0.1, -0.05) is 23.7 Å². The summed E-state index contributed by atoms with van der Waals surface area (Å²) in [4.78, 5) is 27.0. The molecule has 1 heterocycles. The maximum Gasteiger partial charge on any atom is 0.262 e. The first kappa shape index (κ1) is 21.9. The number of benzene rings is 3. The second kappa shape index (κ2) is 8.30. The van der Waals surface area contributed by atoms with Crippen molar-refractivity contribution < 1.29 is 24.2 Å². The minimum Gasteiger partial charge on any atom is -0.497 e. The third kappa shape index (κ3) is 3.51. The highest BCUT2D eigenvalue weighted by molar-refractivity contribution is 6.31. The van der Waals surface area contributed by atoms with Gasteiger partial charge in [-0.3, -0.25) is 9.59 Å². The number of anilines is 1. The Bertz CT molecular complexity index is 1190. The molecule has 3 aromatic rings. The Morgan fingerprint density at radius 2 is 1.56 bits per heavy atom. The fraction of sp³-hybridized carbons (Fsp3) is 0.200. The molecule has 32 heavy (non-hydrogen) atoms. The smallest absolute Gasteiger partial charge is 0.262 e. The number of rotatable bonds is 6. The van der Waals surface area contributed by atoms with Crippen LogP contribution < -0.4 is 14.8 Å². The van der Waals surface area contributed by atoms with E-state index >= 15 is 0 Å². The lowest BCUT2D eigenvalue weighted by atomic mass is 9.74. The number of aliphatic hydroxyl groups is 1. The average molecular weight is 452 g/mol. The highest BCUT2D eigenvalue weighted by Crippen LogP contribution is 2.49. The van der Waals surface area contributed by atoms with Crippen LogP contribution in [0.25, 0.3) is 0 Å². The molecule has 0 spiro atoms. The number of ketones is 1. The van der Waals surface area contributed by atoms with Crippen LogP contribution in [0.3, 0.4) is 0 Å². The van der Waals surface area contributed by atoms with Crippen LogP contribution >= 0.6 is 11.6 Å². The first-order valence-electron chi connectivity index (χ1n) is 9.96. The molecule has 1 aliphatic rings. The van der Waals surface area contributed by atoms with Gasteiger partial charge in [-0.25, -0.2) is 0 Å². The van der Waals surface area contributed by atoms with Crippen LogP contribution in [0.1, 0.15) is 33.0 Å². The number of fused-ring (bicyclic) bond motifs is 1. The van der Waals surface area contributed by atoms with Crippen LogP contribution in [-0.2, 0) is 10.4 Å². The number of methoxy groups -OCH3 is 2. The molecule has 4 rings (SSSR count). The summed E-state index contributed by atoms with van der Waals surface area (Å²) >= 11 is 6.26. The molecule has 2 atom stereocenters. The Kier molecular flexibility index (Phi) is 5.67. The second-order valence-electron chi connectivity index (χ2n) is 7.66. The zero-order valence-corrected chi connectivity index (χ0v) is 18.6. The first-order valence-corrected chi connectivity index (χ1v) is 10.3. The van der Waals surface area contributed by atoms with Crippen molar-refractivity contribution in [3.63, 3.8) is 0 Å². The van der Waals surface area contributed by atoms with Gasteiger partial charge in [-0.2, -0.15) is 0 Å². The molecule has 0 aromatic heterocycles. The lowest BCUT2D eigenvalue weighted by Gasteiger charge is -2.31. The molecule has 0 fully saturated rings. The lowest BCUT2D eigenvalue weighted by molar-refractivity contribution is -0.135. The molecule has 0 saturated carbocycles. The van der Waals surface area contributed by atoms with Gasteiger partial charge in [0.25, 0.3) is 5.91 Å². The van der Waals surface area contributed by atoms with Crippen LogP contribution in [0, 0.1) is 6.92 Å². The normalized spacial score (nSPS) is 18.0. The molecule has 6 nitrogen and oxygen atoms in total. The maximum absolute atomic E-state index is 13.8. The predicted molar refractivity (Wildman–Crippen MR) is 122 cm³/mol. The van der Waals surface area contributed by atoms with E-state index in [1.807, 2.05) is 0 Å². The molecular formula is C25H22ClNO5. The van der Waals surface area contributed by atoms with E-state index < -0.39 is 23.2 Å². The largest absolute Gasteiger partial charge is 0.497 e. The van der Waals surface area contributed by atoms with Gasteiger partial charge in [0.05, 0.1) is 25.8 Å². The van der Waals surface area contributed by atoms with E-state index in [1.54, 1.807) is 61.5 Å². The number of Topliss-reactive ketones (excluding diaryl/α,β-unsaturated/α-hetero) is 1. The molecule has 1 aliphatic heterocycles. The van der Waals surface area contributed by atoms with E-state index in [2.05, 4.69) is 5.32 Å². The quantitative estimate of drug-likeness (QED) is 0.540. The summed E-state index contributed by atoms with van der Waals surface area (Å²) in [5.74, 6) is -1.14. The van der Waals surface area contributed by atoms with Crippen molar-refractivity contribution in [3.8, 4) is 11.5 Å². The Hall–Kier alpha value is -3.35. The van der Waals surface area contributed by atoms with Crippen LogP contribution in [0.4, 0.5) is 5.69 Å². The molecule has 0 aliphatic carbocycles. The summed E-state index contributed by atoms with van der Waals surface area (Å²) in [5.41, 5.74) is 0.0754. The molecule has 2 unspecified atom stereocenters. The number of nitrogens with one attached hydrogen (secondary N) is 1. The average Bonchev–Trinajstić information content (AvgIpc) is 3.05. The predicted octanol–water partition coefficient (Wildman–Crippen LogP) is 4.47. The summed E-state index contributed by atoms with van der Waals surface area (Å²) in [6, 6.07) is 16.5. The minimum atomic E-state index is -2.16. The standard InChI is InChI=1S/C25H22ClNO5/c1-14-12-17(26)13-20-22(14)27-24(29)25(20,30)21(15-4-8-18(31-2)9-5-15)23(28)16-6-10-19(32-3)11-7-16/h4-13,21,30H,1-3H3,(H,27,29). The summed E-state index contributed by atoms with van der Waals surface area (Å²) in [7, 11) is 3.07. The highest BCUT2D eigenvalue weighted by Gasteiger charge is 2.55. The zero-order valence-electron chi connectivity index (χ0n) is 17.8. The van der Waals surface area contributed by atoms with Crippen molar-refractivity contribution in [3.05, 3.63) is 87.9 Å². The van der Waals surface area contributed by atoms with Crippen LogP contribution in [-0.4, -0.2) is 31.0 Å². The number of carbonyl (C=O) groups is 2. The summed E-state index contributed by atoms with van der Waals surface area (Å²) < 4.78 is 10.4. The maximum atomic E-state index is 13.8. The van der Waals surface area contributed by atoms with Crippen molar-refractivity contribution in [1.82, 2.24) is 0 Å². The molecule has 2 N–H and O–H groups in total. The Balaban J connectivity index is 1.91. The Labute approximate surface area is 190 Å². The van der Waals surface area contributed by atoms with Gasteiger partial charge in [0.1, 0.15) is 11.5 Å². The fourth-order valence-corrected chi connectivity index (χ4v) is 4.40. The number of aryl methyl sites for hydroxylation is 1. The van der Waals surface area contributed by atoms with Gasteiger partial charge in [0.15, 0.2) is 11.4 Å². The molecule has 0 bridgehead atoms. The summed E-state index contributed by atoms with van der Waals surface area (Å²) in [6.45, 7) is 1.78. The van der Waals surface area contributed by atoms with Crippen LogP contribution in [0.15, 0.2) is 60.7 Å². The van der Waals surface area contributed by atoms with E-state index in [1.165, 1.54) is 20.3 Å². The molecule has 3 aromatic carbocycles. The molecular weight excluding hydrogens is 430 g/mol. The number of hydrogen-bond acceptors (Lipinski definition) is 5. The third-order valence-corrected chi connectivity index (χ3v) is 6.02. The Morgan fingerprint density at radius 1 is 1.00 bits per heavy atom. The van der Waals surface area contributed by atoms with Crippen molar-refractivity contribution in [2.75, 3.05) is 19.5 Å². The molecule has 7 heteroatoms. The lowest BCUT2D eigenvalue weighted by Crippen LogP contribution is -2.44. The number of ether oxygens (including phenoxy) is 2. The van der Waals surface area contributed by atoms with E-state index in [9.17, 15) is 14.7 Å². The van der Waals surface area contributed by atoms with Gasteiger partial charge in [-0.05, 0) is 66.6 Å². The molecule has 1 amide bonds. The second-order valence-corrected chi connectivity index (χ2v) is 8.10. The topological polar surface area (TPSA) is 84.9 Å². The SMILES string of the molecule is COc1ccc(C(=O)C(c2ccc(OC)cc2)C2(O)C(=O)Nc3c(C)cc(Cl)cc32)cc1. The number of amides is 1. The van der Waals surface area contributed by atoms with Gasteiger partial charge in [-0.15, -0.1) is 0 Å². The van der Waals surface area contributed by atoms with Crippen LogP contribution in [0.5, 0.6) is 11.5 Å². The van der Waals surface area contributed by atoms with E-state index in [0.29, 0.717) is 38.9 Å². The van der Waals surface area contributed by atoms with Gasteiger partial charge in [0.2, 0.25) is 0 Å². The highest BCUT2D eigenvalue weighted by atomic mass is 35.5. The van der Waals surface area contributed by atoms with Gasteiger partial charge < -0.3 is 19.9 Å². The van der Waals surface area contributed by atoms with Gasteiger partial charge >= 0.3 is 0 Å². The zero-order chi connectivity index (χ0) is 23.0. The van der Waals surface area contributed by atoms with Gasteiger partial charge in [0, 0.05) is 16.1 Å². The summed E-state index contributed by atoms with van der Waals surface area (Å²) in [5, 5.41) is 15.0. The number of halogens is 1. The summed E-state index contributed by atoms with van der Waals surface area (Å²) in [6.07, 6.45) is 0. The van der Waals surface area contributed by atoms with Crippen molar-refractivity contribution >= 4 is 29.0 Å². The van der Waals surface area contributed by atoms with Crippen molar-refractivity contribution in [2.24, 2.45) is 0 Å². The number of hydrogen-bond donors (Lipinski definition) is 2. The fourth-order valence-electron chi connectivity index (χ4n) is 4.13. The van der Waals surface area contributed by atoms with E-state index in [4.69, 9.17) is 21.1 Å². The Morgan fingerprint density at radius 3 is 2.12 bits per heavy atom. The third-order valence-electron chi connectivity index (χ3n) is 5.80. The monoisotopic (exact) mass is 451 g/mol. The van der Waals surface area contributed by atoms with Crippen LogP contribution in [0.2, 0.25) is 5.02 Å². The first-order chi connectivity index (χ1) is 15.3. The minimum absolute atomic E-state index is 0.273. The molecule has 0 radical (unpaired) electrons. The molecule has 164 valence electrons. The van der Waals surface area contributed by atoms with Crippen molar-refractivity contribution in [2.45, 2.75) is 18.4 Å². The van der Waals surface area contributed by atoms with Crippen molar-refractivity contribution in [1.29, 1.82) is 0 Å². The number of carbonyl (C=O) groups excluding carboxylic acids is 2. The van der Waals surface area contributed by atoms with E-state index in [-0.39, 0.29) is 5.56 Å².